The van der Waals surface area contributed by atoms with Gasteiger partial charge in [0.25, 0.3) is 0 Å². The summed E-state index contributed by atoms with van der Waals surface area (Å²) in [5.74, 6) is 0.139. The number of unbranched alkanes of at least 4 members (excludes halogenated alkanes) is 5. The van der Waals surface area contributed by atoms with Gasteiger partial charge in [0.1, 0.15) is 0 Å². The van der Waals surface area contributed by atoms with Gasteiger partial charge in [0, 0.05) is 13.2 Å². The molecule has 0 fully saturated rings. The minimum Gasteiger partial charge on any atom is -0.379 e. The van der Waals surface area contributed by atoms with Gasteiger partial charge in [-0.25, -0.2) is 0 Å². The maximum absolute atomic E-state index is 11.5. The van der Waals surface area contributed by atoms with Crippen LogP contribution in [-0.4, -0.2) is 50.2 Å². The van der Waals surface area contributed by atoms with Gasteiger partial charge in [0.2, 0.25) is 5.91 Å². The number of ether oxygens (including phenoxy) is 1. The number of nitrogens with one attached hydrogen (secondary N) is 1. The van der Waals surface area contributed by atoms with Crippen LogP contribution in [0, 0.1) is 0 Å². The van der Waals surface area contributed by atoms with Crippen LogP contribution in [0.5, 0.6) is 0 Å². The van der Waals surface area contributed by atoms with E-state index in [-0.39, 0.29) is 5.91 Å². The van der Waals surface area contributed by atoms with Crippen LogP contribution < -0.4 is 5.32 Å². The Bertz CT molecular complexity index is 233. The van der Waals surface area contributed by atoms with Crippen molar-refractivity contribution in [3.05, 3.63) is 0 Å². The molecule has 0 aromatic carbocycles. The molecule has 0 spiro atoms. The molecule has 20 heavy (non-hydrogen) atoms. The fourth-order valence-electron chi connectivity index (χ4n) is 1.89. The molecule has 0 unspecified atom stereocenters. The van der Waals surface area contributed by atoms with Crippen LogP contribution in [0.4, 0.5) is 0 Å². The Balaban J connectivity index is 3.18. The topological polar surface area (TPSA) is 41.6 Å². The van der Waals surface area contributed by atoms with Crippen LogP contribution in [0.25, 0.3) is 0 Å². The van der Waals surface area contributed by atoms with Gasteiger partial charge in [-0.1, -0.05) is 32.6 Å². The number of carbonyl (C=O) groups is 1. The summed E-state index contributed by atoms with van der Waals surface area (Å²) in [6.07, 6.45) is 7.59. The van der Waals surface area contributed by atoms with Crippen molar-refractivity contribution in [2.24, 2.45) is 0 Å². The number of amides is 1. The standard InChI is InChI=1S/C16H34N2O2/c1-5-18(4)14-16(19)17-12-10-8-6-7-9-11-13-20-15(2)3/h15H,5-14H2,1-4H3,(H,17,19). The minimum atomic E-state index is 0.139. The maximum Gasteiger partial charge on any atom is 0.234 e. The van der Waals surface area contributed by atoms with Crippen LogP contribution in [0.15, 0.2) is 0 Å². The molecule has 0 aliphatic rings. The van der Waals surface area contributed by atoms with E-state index < -0.39 is 0 Å². The highest BCUT2D eigenvalue weighted by Crippen LogP contribution is 2.05. The Morgan fingerprint density at radius 1 is 1.10 bits per heavy atom. The zero-order valence-electron chi connectivity index (χ0n) is 13.9. The van der Waals surface area contributed by atoms with Crippen molar-refractivity contribution < 1.29 is 9.53 Å². The van der Waals surface area contributed by atoms with Gasteiger partial charge in [0.15, 0.2) is 0 Å². The van der Waals surface area contributed by atoms with Gasteiger partial charge in [0.05, 0.1) is 12.6 Å². The molecule has 0 bridgehead atoms. The molecule has 4 nitrogen and oxygen atoms in total. The van der Waals surface area contributed by atoms with Gasteiger partial charge >= 0.3 is 0 Å². The molecule has 0 heterocycles. The zero-order chi connectivity index (χ0) is 15.2. The fraction of sp³-hybridized carbons (Fsp3) is 0.938. The third kappa shape index (κ3) is 13.8. The van der Waals surface area contributed by atoms with E-state index >= 15 is 0 Å². The van der Waals surface area contributed by atoms with E-state index in [0.717, 1.165) is 32.5 Å². The summed E-state index contributed by atoms with van der Waals surface area (Å²) in [5.41, 5.74) is 0. The van der Waals surface area contributed by atoms with Gasteiger partial charge < -0.3 is 10.1 Å². The van der Waals surface area contributed by atoms with Crippen molar-refractivity contribution >= 4 is 5.91 Å². The molecule has 0 saturated heterocycles. The zero-order valence-corrected chi connectivity index (χ0v) is 13.9. The van der Waals surface area contributed by atoms with Crippen molar-refractivity contribution in [2.45, 2.75) is 65.4 Å². The molecule has 0 saturated carbocycles. The lowest BCUT2D eigenvalue weighted by molar-refractivity contribution is -0.121. The van der Waals surface area contributed by atoms with Crippen molar-refractivity contribution in [3.8, 4) is 0 Å². The number of likely N-dealkylation sites (N-methyl/N-ethyl adjacent to an activating group) is 1. The summed E-state index contributed by atoms with van der Waals surface area (Å²) in [6.45, 7) is 9.32. The van der Waals surface area contributed by atoms with E-state index in [1.165, 1.54) is 25.7 Å². The number of nitrogens with zero attached hydrogens (tertiary/aromatic N) is 1. The largest absolute Gasteiger partial charge is 0.379 e. The fourth-order valence-corrected chi connectivity index (χ4v) is 1.89. The lowest BCUT2D eigenvalue weighted by Crippen LogP contribution is -2.35. The molecule has 1 N–H and O–H groups in total. The summed E-state index contributed by atoms with van der Waals surface area (Å²) < 4.78 is 5.50. The van der Waals surface area contributed by atoms with Gasteiger partial charge in [-0.3, -0.25) is 9.69 Å². The average Bonchev–Trinajstić information content (AvgIpc) is 2.40. The first-order valence-electron chi connectivity index (χ1n) is 8.13. The van der Waals surface area contributed by atoms with Crippen molar-refractivity contribution in [1.29, 1.82) is 0 Å². The highest BCUT2D eigenvalue weighted by molar-refractivity contribution is 5.77. The van der Waals surface area contributed by atoms with Crippen LogP contribution in [0.2, 0.25) is 0 Å². The average molecular weight is 286 g/mol. The second kappa shape index (κ2) is 13.4. The molecule has 0 rings (SSSR count). The molecule has 0 radical (unpaired) electrons. The number of rotatable bonds is 13. The van der Waals surface area contributed by atoms with E-state index in [2.05, 4.69) is 26.1 Å². The van der Waals surface area contributed by atoms with Crippen LogP contribution >= 0.6 is 0 Å². The van der Waals surface area contributed by atoms with E-state index in [0.29, 0.717) is 12.6 Å². The Kier molecular flexibility index (Phi) is 13.0. The molecule has 0 aromatic heterocycles. The summed E-state index contributed by atoms with van der Waals surface area (Å²) >= 11 is 0. The summed E-state index contributed by atoms with van der Waals surface area (Å²) in [4.78, 5) is 13.5. The lowest BCUT2D eigenvalue weighted by atomic mass is 10.1. The third-order valence-electron chi connectivity index (χ3n) is 3.30. The SMILES string of the molecule is CCN(C)CC(=O)NCCCCCCCCOC(C)C. The first kappa shape index (κ1) is 19.4. The third-order valence-corrected chi connectivity index (χ3v) is 3.30. The molecule has 0 aliphatic heterocycles. The van der Waals surface area contributed by atoms with Gasteiger partial charge in [-0.15, -0.1) is 0 Å². The van der Waals surface area contributed by atoms with Crippen molar-refractivity contribution in [1.82, 2.24) is 10.2 Å². The monoisotopic (exact) mass is 286 g/mol. The molecule has 0 atom stereocenters. The second-order valence-electron chi connectivity index (χ2n) is 5.72. The summed E-state index contributed by atoms with van der Waals surface area (Å²) in [6, 6.07) is 0. The minimum absolute atomic E-state index is 0.139. The van der Waals surface area contributed by atoms with Crippen LogP contribution in [0.1, 0.15) is 59.3 Å². The number of hydrogen-bond acceptors (Lipinski definition) is 3. The summed E-state index contributed by atoms with van der Waals surface area (Å²) in [5, 5.41) is 2.97. The van der Waals surface area contributed by atoms with Crippen molar-refractivity contribution in [3.63, 3.8) is 0 Å². The van der Waals surface area contributed by atoms with Crippen LogP contribution in [-0.2, 0) is 9.53 Å². The highest BCUT2D eigenvalue weighted by atomic mass is 16.5. The van der Waals surface area contributed by atoms with E-state index in [4.69, 9.17) is 4.74 Å². The first-order valence-corrected chi connectivity index (χ1v) is 8.13. The molecule has 0 aromatic rings. The molecule has 4 heteroatoms. The summed E-state index contributed by atoms with van der Waals surface area (Å²) in [7, 11) is 1.96. The Labute approximate surface area is 125 Å². The van der Waals surface area contributed by atoms with Gasteiger partial charge in [-0.2, -0.15) is 0 Å². The lowest BCUT2D eigenvalue weighted by Gasteiger charge is -2.13. The van der Waals surface area contributed by atoms with Gasteiger partial charge in [-0.05, 0) is 40.3 Å². The van der Waals surface area contributed by atoms with E-state index in [1.54, 1.807) is 0 Å². The Morgan fingerprint density at radius 3 is 2.30 bits per heavy atom. The smallest absolute Gasteiger partial charge is 0.234 e. The normalized spacial score (nSPS) is 11.3. The van der Waals surface area contributed by atoms with E-state index in [9.17, 15) is 4.79 Å². The molecular weight excluding hydrogens is 252 g/mol. The predicted octanol–water partition coefficient (Wildman–Crippen LogP) is 2.82. The van der Waals surface area contributed by atoms with E-state index in [1.807, 2.05) is 11.9 Å². The quantitative estimate of drug-likeness (QED) is 0.529. The van der Waals surface area contributed by atoms with Crippen LogP contribution in [0.3, 0.4) is 0 Å². The predicted molar refractivity (Wildman–Crippen MR) is 85.0 cm³/mol. The molecule has 0 aliphatic carbocycles. The second-order valence-corrected chi connectivity index (χ2v) is 5.72. The highest BCUT2D eigenvalue weighted by Gasteiger charge is 2.03. The maximum atomic E-state index is 11.5. The molecule has 1 amide bonds. The number of hydrogen-bond donors (Lipinski definition) is 1. The first-order chi connectivity index (χ1) is 9.56. The Hall–Kier alpha value is -0.610. The molecule has 120 valence electrons. The van der Waals surface area contributed by atoms with Crippen molar-refractivity contribution in [2.75, 3.05) is 33.3 Å². The number of carbonyl (C=O) groups excluding carboxylic acids is 1. The molecular formula is C16H34N2O2. The Morgan fingerprint density at radius 2 is 1.70 bits per heavy atom.